The lowest BCUT2D eigenvalue weighted by Gasteiger charge is -2.08. The molecule has 0 fully saturated rings. The second-order valence-corrected chi connectivity index (χ2v) is 11.5. The van der Waals surface area contributed by atoms with Gasteiger partial charge < -0.3 is 19.6 Å². The third kappa shape index (κ3) is 7.74. The molecule has 0 saturated carbocycles. The number of aryl methyl sites for hydroxylation is 2. The number of amides is 2. The number of anilines is 1. The first kappa shape index (κ1) is 29.4. The first-order valence-electron chi connectivity index (χ1n) is 12.7. The van der Waals surface area contributed by atoms with Crippen LogP contribution in [0.15, 0.2) is 93.0 Å². The number of aliphatic hydroxyl groups excluding tert-OH is 1. The minimum absolute atomic E-state index is 0.0412. The molecular weight excluding hydrogens is 546 g/mol. The van der Waals surface area contributed by atoms with E-state index in [1.54, 1.807) is 67.7 Å². The molecule has 2 amide bonds. The van der Waals surface area contributed by atoms with Gasteiger partial charge in [0.2, 0.25) is 0 Å². The molecule has 0 radical (unpaired) electrons. The van der Waals surface area contributed by atoms with E-state index in [4.69, 9.17) is 14.3 Å². The summed E-state index contributed by atoms with van der Waals surface area (Å²) in [6, 6.07) is 17.0. The SMILES string of the molecule is Cc1ccoc1C(=O)Nc1cccc(-c2cncc(C(=O)N=S(C)(=O)c3ccc(CCC(=O)OCCO)cc3)c2)c1. The Hall–Kier alpha value is -4.61. The standard InChI is InChI=1S/C30H29N3O7S/c1-20-12-14-40-28(20)30(37)32-25-5-3-4-22(17-25)23-16-24(19-31-18-23)29(36)33-41(2,38)26-9-6-21(7-10-26)8-11-27(35)39-15-13-34/h3-7,9-10,12,14,16-19,34H,8,11,13,15H2,1-2H3,(H,32,37). The molecule has 0 aliphatic heterocycles. The number of carbonyl (C=O) groups is 3. The zero-order chi connectivity index (χ0) is 29.4. The molecule has 1 atom stereocenters. The number of rotatable bonds is 10. The summed E-state index contributed by atoms with van der Waals surface area (Å²) in [5.41, 5.74) is 3.56. The molecule has 4 rings (SSSR count). The highest BCUT2D eigenvalue weighted by Crippen LogP contribution is 2.24. The Bertz CT molecular complexity index is 1690. The van der Waals surface area contributed by atoms with Gasteiger partial charge in [0.1, 0.15) is 6.61 Å². The van der Waals surface area contributed by atoms with E-state index in [0.29, 0.717) is 28.1 Å². The van der Waals surface area contributed by atoms with Crippen molar-refractivity contribution in [2.75, 3.05) is 24.8 Å². The normalized spacial score (nSPS) is 12.3. The van der Waals surface area contributed by atoms with Crippen LogP contribution in [0.1, 0.15) is 38.5 Å². The molecule has 212 valence electrons. The maximum Gasteiger partial charge on any atom is 0.306 e. The maximum atomic E-state index is 13.3. The van der Waals surface area contributed by atoms with Gasteiger partial charge in [-0.2, -0.15) is 4.36 Å². The number of nitrogens with zero attached hydrogens (tertiary/aromatic N) is 2. The fourth-order valence-electron chi connectivity index (χ4n) is 3.93. The fraction of sp³-hybridized carbons (Fsp3) is 0.200. The first-order chi connectivity index (χ1) is 19.7. The van der Waals surface area contributed by atoms with E-state index in [2.05, 4.69) is 14.7 Å². The van der Waals surface area contributed by atoms with Crippen LogP contribution in [0.25, 0.3) is 11.1 Å². The average molecular weight is 576 g/mol. The summed E-state index contributed by atoms with van der Waals surface area (Å²) >= 11 is 0. The molecule has 4 aromatic rings. The number of hydrogen-bond acceptors (Lipinski definition) is 8. The predicted octanol–water partition coefficient (Wildman–Crippen LogP) is 4.67. The van der Waals surface area contributed by atoms with Crippen LogP contribution >= 0.6 is 0 Å². The smallest absolute Gasteiger partial charge is 0.306 e. The first-order valence-corrected chi connectivity index (χ1v) is 14.6. The van der Waals surface area contributed by atoms with Crippen LogP contribution in [0, 0.1) is 6.92 Å². The summed E-state index contributed by atoms with van der Waals surface area (Å²) in [6.45, 7) is 1.51. The number of nitrogens with one attached hydrogen (secondary N) is 1. The lowest BCUT2D eigenvalue weighted by atomic mass is 10.1. The molecule has 0 aliphatic carbocycles. The third-order valence-electron chi connectivity index (χ3n) is 6.10. The largest absolute Gasteiger partial charge is 0.463 e. The summed E-state index contributed by atoms with van der Waals surface area (Å²) < 4.78 is 27.4. The van der Waals surface area contributed by atoms with Crippen LogP contribution in [-0.2, 0) is 25.7 Å². The van der Waals surface area contributed by atoms with Gasteiger partial charge in [-0.1, -0.05) is 24.3 Å². The van der Waals surface area contributed by atoms with Gasteiger partial charge in [-0.05, 0) is 60.9 Å². The van der Waals surface area contributed by atoms with Crippen molar-refractivity contribution >= 4 is 33.2 Å². The van der Waals surface area contributed by atoms with E-state index in [1.165, 1.54) is 18.7 Å². The van der Waals surface area contributed by atoms with E-state index in [9.17, 15) is 18.6 Å². The Morgan fingerprint density at radius 3 is 2.54 bits per heavy atom. The summed E-state index contributed by atoms with van der Waals surface area (Å²) in [6.07, 6.45) is 6.33. The van der Waals surface area contributed by atoms with E-state index in [-0.39, 0.29) is 36.9 Å². The van der Waals surface area contributed by atoms with E-state index >= 15 is 0 Å². The number of benzene rings is 2. The molecule has 0 saturated heterocycles. The highest BCUT2D eigenvalue weighted by molar-refractivity contribution is 7.93. The Labute approximate surface area is 237 Å². The van der Waals surface area contributed by atoms with Crippen LogP contribution in [0.3, 0.4) is 0 Å². The average Bonchev–Trinajstić information content (AvgIpc) is 3.41. The molecule has 0 spiro atoms. The molecule has 1 unspecified atom stereocenters. The van der Waals surface area contributed by atoms with Crippen LogP contribution in [0.4, 0.5) is 5.69 Å². The van der Waals surface area contributed by atoms with Crippen molar-refractivity contribution in [3.63, 3.8) is 0 Å². The Kier molecular flexibility index (Phi) is 9.43. The van der Waals surface area contributed by atoms with E-state index < -0.39 is 21.6 Å². The number of ether oxygens (including phenoxy) is 1. The monoisotopic (exact) mass is 575 g/mol. The molecule has 10 nitrogen and oxygen atoms in total. The van der Waals surface area contributed by atoms with Crippen molar-refractivity contribution in [1.82, 2.24) is 4.98 Å². The van der Waals surface area contributed by atoms with Gasteiger partial charge in [0.25, 0.3) is 11.8 Å². The van der Waals surface area contributed by atoms with Gasteiger partial charge in [0.15, 0.2) is 5.76 Å². The maximum absolute atomic E-state index is 13.3. The Balaban J connectivity index is 1.47. The molecule has 11 heteroatoms. The van der Waals surface area contributed by atoms with Crippen LogP contribution in [0.5, 0.6) is 0 Å². The number of carbonyl (C=O) groups excluding carboxylic acids is 3. The molecule has 2 N–H and O–H groups in total. The molecule has 0 aliphatic rings. The van der Waals surface area contributed by atoms with Crippen molar-refractivity contribution in [3.05, 3.63) is 102 Å². The number of esters is 1. The van der Waals surface area contributed by atoms with Gasteiger partial charge >= 0.3 is 5.97 Å². The van der Waals surface area contributed by atoms with Crippen molar-refractivity contribution in [2.45, 2.75) is 24.7 Å². The Morgan fingerprint density at radius 1 is 1.05 bits per heavy atom. The highest BCUT2D eigenvalue weighted by Gasteiger charge is 2.15. The van der Waals surface area contributed by atoms with Gasteiger partial charge in [0, 0.05) is 46.8 Å². The minimum atomic E-state index is -3.07. The predicted molar refractivity (Wildman–Crippen MR) is 153 cm³/mol. The summed E-state index contributed by atoms with van der Waals surface area (Å²) in [5.74, 6) is -1.25. The topological polar surface area (TPSA) is 148 Å². The van der Waals surface area contributed by atoms with Crippen LogP contribution < -0.4 is 5.32 Å². The van der Waals surface area contributed by atoms with E-state index in [0.717, 1.165) is 11.1 Å². The lowest BCUT2D eigenvalue weighted by Crippen LogP contribution is -2.12. The van der Waals surface area contributed by atoms with Crippen LogP contribution in [0.2, 0.25) is 0 Å². The number of hydrogen-bond donors (Lipinski definition) is 2. The summed E-state index contributed by atoms with van der Waals surface area (Å²) in [5, 5.41) is 11.5. The number of aromatic nitrogens is 1. The van der Waals surface area contributed by atoms with Crippen LogP contribution in [-0.4, -0.2) is 51.6 Å². The third-order valence-corrected chi connectivity index (χ3v) is 7.76. The lowest BCUT2D eigenvalue weighted by molar-refractivity contribution is -0.144. The molecule has 41 heavy (non-hydrogen) atoms. The second-order valence-electron chi connectivity index (χ2n) is 9.22. The quantitative estimate of drug-likeness (QED) is 0.259. The molecule has 2 heterocycles. The molecule has 2 aromatic heterocycles. The summed E-state index contributed by atoms with van der Waals surface area (Å²) in [7, 11) is -3.07. The molecule has 2 aromatic carbocycles. The van der Waals surface area contributed by atoms with E-state index in [1.807, 2.05) is 6.07 Å². The van der Waals surface area contributed by atoms with Gasteiger partial charge in [0.05, 0.1) is 28.2 Å². The molecule has 0 bridgehead atoms. The zero-order valence-electron chi connectivity index (χ0n) is 22.5. The highest BCUT2D eigenvalue weighted by atomic mass is 32.2. The second kappa shape index (κ2) is 13.2. The number of aliphatic hydroxyl groups is 1. The van der Waals surface area contributed by atoms with Gasteiger partial charge in [-0.3, -0.25) is 19.4 Å². The van der Waals surface area contributed by atoms with Crippen molar-refractivity contribution in [2.24, 2.45) is 4.36 Å². The minimum Gasteiger partial charge on any atom is -0.463 e. The van der Waals surface area contributed by atoms with Crippen molar-refractivity contribution in [3.8, 4) is 11.1 Å². The Morgan fingerprint density at radius 2 is 1.83 bits per heavy atom. The molecular formula is C30H29N3O7S. The zero-order valence-corrected chi connectivity index (χ0v) is 23.3. The fourth-order valence-corrected chi connectivity index (χ4v) is 5.10. The summed E-state index contributed by atoms with van der Waals surface area (Å²) in [4.78, 5) is 41.7. The number of pyridine rings is 1. The number of furan rings is 1. The van der Waals surface area contributed by atoms with Crippen molar-refractivity contribution in [1.29, 1.82) is 0 Å². The van der Waals surface area contributed by atoms with Gasteiger partial charge in [-0.25, -0.2) is 4.21 Å². The van der Waals surface area contributed by atoms with Gasteiger partial charge in [-0.15, -0.1) is 0 Å². The van der Waals surface area contributed by atoms with Crippen molar-refractivity contribution < 1.29 is 32.9 Å².